The monoisotopic (exact) mass is 594 g/mol. The maximum atomic E-state index is 12.7. The molecule has 1 aromatic heterocycles. The number of nitrogens with zero attached hydrogens (tertiary/aromatic N) is 2. The predicted octanol–water partition coefficient (Wildman–Crippen LogP) is 4.86. The first-order chi connectivity index (χ1) is 15.7. The molecule has 1 amide bonds. The zero-order valence-electron chi connectivity index (χ0n) is 21.7. The average molecular weight is 595 g/mol. The fourth-order valence-electron chi connectivity index (χ4n) is 4.08. The van der Waals surface area contributed by atoms with Gasteiger partial charge in [-0.05, 0) is 19.3 Å². The smallest absolute Gasteiger partial charge is 0.252 e. The van der Waals surface area contributed by atoms with Crippen LogP contribution in [0.1, 0.15) is 130 Å². The van der Waals surface area contributed by atoms with E-state index in [2.05, 4.69) is 25.3 Å². The van der Waals surface area contributed by atoms with Crippen LogP contribution in [0, 0.1) is 0 Å². The largest absolute Gasteiger partial charge is 1.00 e. The fourth-order valence-corrected chi connectivity index (χ4v) is 4.71. The summed E-state index contributed by atoms with van der Waals surface area (Å²) in [6.45, 7) is 7.96. The summed E-state index contributed by atoms with van der Waals surface area (Å²) in [6.07, 6.45) is 23.5. The number of hydrogen-bond acceptors (Lipinski definition) is 3. The Morgan fingerprint density at radius 3 is 1.94 bits per heavy atom. The Labute approximate surface area is 225 Å². The Hall–Kier alpha value is -0.210. The molecule has 0 saturated heterocycles. The van der Waals surface area contributed by atoms with E-state index < -0.39 is 0 Å². The van der Waals surface area contributed by atoms with Gasteiger partial charge in [-0.15, -0.1) is 0 Å². The minimum absolute atomic E-state index is 0. The summed E-state index contributed by atoms with van der Waals surface area (Å²) in [4.78, 5) is 18.8. The lowest BCUT2D eigenvalue weighted by Crippen LogP contribution is -3.00. The first-order valence-corrected chi connectivity index (χ1v) is 14.5. The highest BCUT2D eigenvalue weighted by atomic mass is 127. The maximum absolute atomic E-state index is 12.7. The van der Waals surface area contributed by atoms with Gasteiger partial charge in [0.15, 0.2) is 12.7 Å². The van der Waals surface area contributed by atoms with Crippen molar-refractivity contribution in [3.63, 3.8) is 0 Å². The van der Waals surface area contributed by atoms with Crippen LogP contribution in [0.25, 0.3) is 0 Å². The maximum Gasteiger partial charge on any atom is 0.252 e. The molecule has 4 nitrogen and oxygen atoms in total. The van der Waals surface area contributed by atoms with Gasteiger partial charge in [0.25, 0.3) is 5.91 Å². The first-order valence-electron chi connectivity index (χ1n) is 13.6. The summed E-state index contributed by atoms with van der Waals surface area (Å²) >= 11 is 1.65. The molecule has 33 heavy (non-hydrogen) atoms. The second kappa shape index (κ2) is 23.5. The summed E-state index contributed by atoms with van der Waals surface area (Å²) in [5, 5.41) is 3.68. The van der Waals surface area contributed by atoms with Crippen molar-refractivity contribution in [1.29, 1.82) is 0 Å². The fraction of sp³-hybridized carbons (Fsp3) is 0.852. The Morgan fingerprint density at radius 1 is 0.879 bits per heavy atom. The van der Waals surface area contributed by atoms with Gasteiger partial charge in [-0.2, -0.15) is 4.57 Å². The van der Waals surface area contributed by atoms with Gasteiger partial charge in [0.1, 0.15) is 0 Å². The number of thiazole rings is 1. The molecular weight excluding hydrogens is 543 g/mol. The average Bonchev–Trinajstić information content (AvgIpc) is 3.32. The molecule has 194 valence electrons. The molecule has 0 spiro atoms. The molecule has 0 N–H and O–H groups in total. The number of amides is 1. The minimum Gasteiger partial charge on any atom is -1.00 e. The van der Waals surface area contributed by atoms with Crippen LogP contribution >= 0.6 is 11.3 Å². The van der Waals surface area contributed by atoms with E-state index in [1.165, 1.54) is 83.5 Å². The molecule has 1 aromatic rings. The van der Waals surface area contributed by atoms with Crippen molar-refractivity contribution in [2.24, 2.45) is 0 Å². The highest BCUT2D eigenvalue weighted by Gasteiger charge is 2.19. The van der Waals surface area contributed by atoms with E-state index in [1.54, 1.807) is 16.4 Å². The number of aryl methyl sites for hydroxylation is 1. The van der Waals surface area contributed by atoms with E-state index in [0.29, 0.717) is 13.0 Å². The normalized spacial score (nSPS) is 11.8. The van der Waals surface area contributed by atoms with Crippen molar-refractivity contribution in [3.8, 4) is 0 Å². The molecule has 1 atom stereocenters. The van der Waals surface area contributed by atoms with Crippen LogP contribution in [0.3, 0.4) is 0 Å². The lowest BCUT2D eigenvalue weighted by Gasteiger charge is -2.26. The highest BCUT2D eigenvalue weighted by Crippen LogP contribution is 2.16. The Bertz CT molecular complexity index is 542. The topological polar surface area (TPSA) is 33.4 Å². The number of hydroxylamine groups is 2. The standard InChI is InChI=1S/C27H51N2O2S.HI/c1-4-7-8-9-10-11-12-13-14-15-16-17-18-19-26(6-3)31-29(21-5-2)27(30)20-22-28-23-24-32-25-28;/h23-26H,4-22H2,1-3H3;1H/q+1;/p-1. The van der Waals surface area contributed by atoms with Crippen LogP contribution in [-0.4, -0.2) is 23.6 Å². The summed E-state index contributed by atoms with van der Waals surface area (Å²) in [6, 6.07) is 0. The number of aromatic nitrogens is 1. The molecular formula is C27H51IN2O2S. The second-order valence-corrected chi connectivity index (χ2v) is 9.93. The van der Waals surface area contributed by atoms with Gasteiger partial charge < -0.3 is 24.0 Å². The van der Waals surface area contributed by atoms with Crippen molar-refractivity contribution in [1.82, 2.24) is 5.06 Å². The molecule has 0 fully saturated rings. The van der Waals surface area contributed by atoms with Crippen LogP contribution in [0.4, 0.5) is 0 Å². The number of carbonyl (C=O) groups excluding carboxylic acids is 1. The number of carbonyl (C=O) groups is 1. The van der Waals surface area contributed by atoms with E-state index in [9.17, 15) is 4.79 Å². The summed E-state index contributed by atoms with van der Waals surface area (Å²) in [5.74, 6) is 0.106. The quantitative estimate of drug-likeness (QED) is 0.0832. The van der Waals surface area contributed by atoms with E-state index in [1.807, 2.05) is 17.1 Å². The molecule has 1 unspecified atom stereocenters. The molecule has 0 aliphatic rings. The van der Waals surface area contributed by atoms with Crippen LogP contribution in [0.5, 0.6) is 0 Å². The molecule has 0 radical (unpaired) electrons. The van der Waals surface area contributed by atoms with Gasteiger partial charge in [-0.25, -0.2) is 5.06 Å². The van der Waals surface area contributed by atoms with Crippen molar-refractivity contribution in [2.45, 2.75) is 143 Å². The van der Waals surface area contributed by atoms with Crippen LogP contribution in [0.2, 0.25) is 0 Å². The van der Waals surface area contributed by atoms with Crippen LogP contribution < -0.4 is 28.5 Å². The number of hydrogen-bond donors (Lipinski definition) is 0. The third kappa shape index (κ3) is 17.8. The predicted molar refractivity (Wildman–Crippen MR) is 137 cm³/mol. The summed E-state index contributed by atoms with van der Waals surface area (Å²) in [7, 11) is 0. The van der Waals surface area contributed by atoms with Gasteiger partial charge in [-0.1, -0.05) is 116 Å². The molecule has 6 heteroatoms. The van der Waals surface area contributed by atoms with Crippen LogP contribution in [-0.2, 0) is 16.2 Å². The SMILES string of the molecule is CCCCCCCCCCCCCCCC(CC)ON(CCC)C(=O)CC[n+]1ccsc1.[I-]. The lowest BCUT2D eigenvalue weighted by atomic mass is 10.0. The van der Waals surface area contributed by atoms with Crippen LogP contribution in [0.15, 0.2) is 17.1 Å². The Balaban J connectivity index is 0.0000102. The summed E-state index contributed by atoms with van der Waals surface area (Å²) < 4.78 is 2.07. The van der Waals surface area contributed by atoms with Gasteiger partial charge in [-0.3, -0.25) is 9.63 Å². The number of rotatable bonds is 22. The zero-order chi connectivity index (χ0) is 23.3. The number of unbranched alkanes of at least 4 members (excludes halogenated alkanes) is 12. The molecule has 0 aliphatic carbocycles. The molecule has 1 rings (SSSR count). The van der Waals surface area contributed by atoms with Crippen molar-refractivity contribution in [3.05, 3.63) is 17.1 Å². The zero-order valence-corrected chi connectivity index (χ0v) is 24.7. The van der Waals surface area contributed by atoms with Gasteiger partial charge in [0.2, 0.25) is 5.51 Å². The van der Waals surface area contributed by atoms with Crippen molar-refractivity contribution in [2.75, 3.05) is 6.54 Å². The van der Waals surface area contributed by atoms with Gasteiger partial charge in [0, 0.05) is 6.54 Å². The molecule has 1 heterocycles. The molecule has 0 saturated carbocycles. The molecule has 0 aliphatic heterocycles. The highest BCUT2D eigenvalue weighted by molar-refractivity contribution is 7.07. The van der Waals surface area contributed by atoms with E-state index in [-0.39, 0.29) is 36.0 Å². The van der Waals surface area contributed by atoms with Crippen molar-refractivity contribution < 1.29 is 38.2 Å². The lowest BCUT2D eigenvalue weighted by molar-refractivity contribution is -0.691. The van der Waals surface area contributed by atoms with Crippen molar-refractivity contribution >= 4 is 17.2 Å². The third-order valence-electron chi connectivity index (χ3n) is 6.18. The van der Waals surface area contributed by atoms with E-state index in [0.717, 1.165) is 25.8 Å². The summed E-state index contributed by atoms with van der Waals surface area (Å²) in [5.41, 5.74) is 2.04. The van der Waals surface area contributed by atoms with E-state index >= 15 is 0 Å². The van der Waals surface area contributed by atoms with Gasteiger partial charge in [0.05, 0.1) is 17.9 Å². The van der Waals surface area contributed by atoms with E-state index in [4.69, 9.17) is 4.84 Å². The third-order valence-corrected chi connectivity index (χ3v) is 6.85. The van der Waals surface area contributed by atoms with Gasteiger partial charge >= 0.3 is 0 Å². The minimum atomic E-state index is 0. The molecule has 0 aromatic carbocycles. The second-order valence-electron chi connectivity index (χ2n) is 9.18. The number of halogens is 1. The first kappa shape index (κ1) is 32.8. The Morgan fingerprint density at radius 2 is 1.45 bits per heavy atom. The molecule has 0 bridgehead atoms. The Kier molecular flexibility index (Phi) is 23.4.